The first kappa shape index (κ1) is 17.0. The van der Waals surface area contributed by atoms with E-state index in [9.17, 15) is 19.5 Å². The quantitative estimate of drug-likeness (QED) is 0.568. The van der Waals surface area contributed by atoms with E-state index in [0.717, 1.165) is 25.3 Å². The molecule has 2 saturated heterocycles. The average molecular weight is 343 g/mol. The van der Waals surface area contributed by atoms with Crippen LogP contribution in [0.4, 0.5) is 5.69 Å². The number of benzene rings is 1. The van der Waals surface area contributed by atoms with Crippen LogP contribution in [0, 0.1) is 5.41 Å². The van der Waals surface area contributed by atoms with Gasteiger partial charge < -0.3 is 20.6 Å². The molecule has 0 aliphatic carbocycles. The number of phenols is 1. The summed E-state index contributed by atoms with van der Waals surface area (Å²) in [6, 6.07) is 4.32. The molecule has 0 saturated carbocycles. The summed E-state index contributed by atoms with van der Waals surface area (Å²) in [7, 11) is 0. The van der Waals surface area contributed by atoms with E-state index in [1.165, 1.54) is 18.2 Å². The van der Waals surface area contributed by atoms with Crippen molar-refractivity contribution in [1.82, 2.24) is 10.2 Å². The Labute approximate surface area is 145 Å². The molecule has 2 fully saturated rings. The number of carbonyl (C=O) groups is 3. The van der Waals surface area contributed by atoms with Crippen molar-refractivity contribution in [2.24, 2.45) is 5.41 Å². The second kappa shape index (κ2) is 6.58. The van der Waals surface area contributed by atoms with Gasteiger partial charge >= 0.3 is 0 Å². The maximum atomic E-state index is 12.9. The summed E-state index contributed by atoms with van der Waals surface area (Å²) >= 11 is 0. The van der Waals surface area contributed by atoms with Crippen molar-refractivity contribution in [3.63, 3.8) is 0 Å². The molecule has 7 nitrogen and oxygen atoms in total. The van der Waals surface area contributed by atoms with E-state index in [4.69, 9.17) is 0 Å². The number of carbonyl (C=O) groups excluding carboxylic acids is 3. The number of hydrogen-bond donors (Lipinski definition) is 3. The van der Waals surface area contributed by atoms with Crippen molar-refractivity contribution in [2.45, 2.75) is 19.3 Å². The van der Waals surface area contributed by atoms with Crippen LogP contribution in [-0.4, -0.2) is 47.4 Å². The molecule has 25 heavy (non-hydrogen) atoms. The van der Waals surface area contributed by atoms with E-state index in [1.807, 2.05) is 0 Å². The molecule has 3 rings (SSSR count). The fourth-order valence-corrected chi connectivity index (χ4v) is 3.56. The Bertz CT molecular complexity index is 746. The Hall–Kier alpha value is -2.83. The van der Waals surface area contributed by atoms with E-state index in [2.05, 4.69) is 17.2 Å². The molecule has 1 aromatic carbocycles. The van der Waals surface area contributed by atoms with Gasteiger partial charge in [-0.15, -0.1) is 0 Å². The van der Waals surface area contributed by atoms with Gasteiger partial charge in [0.25, 0.3) is 5.91 Å². The highest BCUT2D eigenvalue weighted by molar-refractivity contribution is 6.02. The SMILES string of the molecule is C=CC(=O)Nc1ccc(O)c(C(=O)N2CCCC3(CCNC3=O)C2)c1. The summed E-state index contributed by atoms with van der Waals surface area (Å²) < 4.78 is 0. The highest BCUT2D eigenvalue weighted by atomic mass is 16.3. The monoisotopic (exact) mass is 343 g/mol. The van der Waals surface area contributed by atoms with Crippen molar-refractivity contribution in [2.75, 3.05) is 25.0 Å². The molecule has 7 heteroatoms. The van der Waals surface area contributed by atoms with E-state index in [-0.39, 0.29) is 23.1 Å². The fourth-order valence-electron chi connectivity index (χ4n) is 3.56. The molecule has 1 unspecified atom stereocenters. The van der Waals surface area contributed by atoms with Crippen molar-refractivity contribution in [3.05, 3.63) is 36.4 Å². The molecule has 1 atom stereocenters. The van der Waals surface area contributed by atoms with Gasteiger partial charge in [0.05, 0.1) is 11.0 Å². The molecular formula is C18H21N3O4. The summed E-state index contributed by atoms with van der Waals surface area (Å²) in [6.45, 7) is 4.90. The predicted octanol–water partition coefficient (Wildman–Crippen LogP) is 1.26. The number of likely N-dealkylation sites (tertiary alicyclic amines) is 1. The zero-order valence-electron chi connectivity index (χ0n) is 13.9. The van der Waals surface area contributed by atoms with Crippen LogP contribution < -0.4 is 10.6 Å². The highest BCUT2D eigenvalue weighted by Gasteiger charge is 2.46. The van der Waals surface area contributed by atoms with Crippen molar-refractivity contribution in [1.29, 1.82) is 0 Å². The van der Waals surface area contributed by atoms with E-state index < -0.39 is 11.3 Å². The number of hydrogen-bond acceptors (Lipinski definition) is 4. The lowest BCUT2D eigenvalue weighted by Crippen LogP contribution is -2.49. The lowest BCUT2D eigenvalue weighted by molar-refractivity contribution is -0.129. The normalized spacial score (nSPS) is 22.6. The summed E-state index contributed by atoms with van der Waals surface area (Å²) in [5.41, 5.74) is -0.00762. The van der Waals surface area contributed by atoms with Crippen molar-refractivity contribution >= 4 is 23.4 Å². The first-order valence-electron chi connectivity index (χ1n) is 8.29. The average Bonchev–Trinajstić information content (AvgIpc) is 2.95. The number of rotatable bonds is 3. The van der Waals surface area contributed by atoms with E-state index >= 15 is 0 Å². The van der Waals surface area contributed by atoms with Gasteiger partial charge in [-0.3, -0.25) is 14.4 Å². The maximum absolute atomic E-state index is 12.9. The van der Waals surface area contributed by atoms with Crippen LogP contribution in [0.15, 0.2) is 30.9 Å². The Balaban J connectivity index is 1.82. The summed E-state index contributed by atoms with van der Waals surface area (Å²) in [6.07, 6.45) is 3.36. The Kier molecular flexibility index (Phi) is 4.48. The first-order chi connectivity index (χ1) is 11.9. The van der Waals surface area contributed by atoms with Crippen LogP contribution in [0.1, 0.15) is 29.6 Å². The summed E-state index contributed by atoms with van der Waals surface area (Å²) in [5.74, 6) is -0.895. The lowest BCUT2D eigenvalue weighted by atomic mass is 9.78. The van der Waals surface area contributed by atoms with Gasteiger partial charge in [-0.1, -0.05) is 6.58 Å². The number of aromatic hydroxyl groups is 1. The Morgan fingerprint density at radius 1 is 1.36 bits per heavy atom. The fraction of sp³-hybridized carbons (Fsp3) is 0.389. The van der Waals surface area contributed by atoms with Gasteiger partial charge in [0.1, 0.15) is 5.75 Å². The third kappa shape index (κ3) is 3.22. The second-order valence-corrected chi connectivity index (χ2v) is 6.54. The van der Waals surface area contributed by atoms with Crippen LogP contribution >= 0.6 is 0 Å². The van der Waals surface area contributed by atoms with Crippen LogP contribution in [0.5, 0.6) is 5.75 Å². The molecule has 0 bridgehead atoms. The number of phenolic OH excluding ortho intramolecular Hbond substituents is 1. The largest absolute Gasteiger partial charge is 0.507 e. The predicted molar refractivity (Wildman–Crippen MR) is 92.1 cm³/mol. The molecule has 3 N–H and O–H groups in total. The molecule has 2 aliphatic rings. The zero-order chi connectivity index (χ0) is 18.0. The lowest BCUT2D eigenvalue weighted by Gasteiger charge is -2.38. The Morgan fingerprint density at radius 2 is 2.16 bits per heavy atom. The molecule has 0 radical (unpaired) electrons. The van der Waals surface area contributed by atoms with Gasteiger partial charge in [0.2, 0.25) is 11.8 Å². The number of nitrogens with one attached hydrogen (secondary N) is 2. The molecule has 2 heterocycles. The minimum atomic E-state index is -0.516. The van der Waals surface area contributed by atoms with Crippen molar-refractivity contribution < 1.29 is 19.5 Å². The van der Waals surface area contributed by atoms with Gasteiger partial charge in [-0.2, -0.15) is 0 Å². The Morgan fingerprint density at radius 3 is 2.84 bits per heavy atom. The van der Waals surface area contributed by atoms with Gasteiger partial charge in [-0.05, 0) is 43.5 Å². The number of amides is 3. The molecule has 2 aliphatic heterocycles. The molecular weight excluding hydrogens is 322 g/mol. The second-order valence-electron chi connectivity index (χ2n) is 6.54. The van der Waals surface area contributed by atoms with E-state index in [1.54, 1.807) is 4.90 Å². The summed E-state index contributed by atoms with van der Waals surface area (Å²) in [4.78, 5) is 38.1. The smallest absolute Gasteiger partial charge is 0.257 e. The molecule has 1 spiro atoms. The van der Waals surface area contributed by atoms with Crippen LogP contribution in [0.2, 0.25) is 0 Å². The van der Waals surface area contributed by atoms with Gasteiger partial charge in [0, 0.05) is 25.3 Å². The third-order valence-electron chi connectivity index (χ3n) is 4.91. The van der Waals surface area contributed by atoms with Crippen LogP contribution in [0.3, 0.4) is 0 Å². The number of anilines is 1. The topological polar surface area (TPSA) is 98.7 Å². The van der Waals surface area contributed by atoms with E-state index in [0.29, 0.717) is 25.3 Å². The minimum Gasteiger partial charge on any atom is -0.507 e. The van der Waals surface area contributed by atoms with Gasteiger partial charge in [-0.25, -0.2) is 0 Å². The number of piperidine rings is 1. The molecule has 0 aromatic heterocycles. The highest BCUT2D eigenvalue weighted by Crippen LogP contribution is 2.37. The van der Waals surface area contributed by atoms with Crippen molar-refractivity contribution in [3.8, 4) is 5.75 Å². The van der Waals surface area contributed by atoms with Gasteiger partial charge in [0.15, 0.2) is 0 Å². The maximum Gasteiger partial charge on any atom is 0.257 e. The standard InChI is InChI=1S/C18H21N3O4/c1-2-15(23)20-12-4-5-14(22)13(10-12)16(24)21-9-3-6-18(11-21)7-8-19-17(18)25/h2,4-5,10,22H,1,3,6-9,11H2,(H,19,25)(H,20,23). The molecule has 1 aromatic rings. The zero-order valence-corrected chi connectivity index (χ0v) is 13.9. The van der Waals surface area contributed by atoms with Crippen LogP contribution in [-0.2, 0) is 9.59 Å². The molecule has 132 valence electrons. The van der Waals surface area contributed by atoms with Crippen LogP contribution in [0.25, 0.3) is 0 Å². The third-order valence-corrected chi connectivity index (χ3v) is 4.91. The summed E-state index contributed by atoms with van der Waals surface area (Å²) in [5, 5.41) is 15.5. The minimum absolute atomic E-state index is 0.00113. The number of nitrogens with zero attached hydrogens (tertiary/aromatic N) is 1. The molecule has 3 amide bonds. The first-order valence-corrected chi connectivity index (χ1v) is 8.29.